The zero-order valence-corrected chi connectivity index (χ0v) is 15.5. The van der Waals surface area contributed by atoms with E-state index in [2.05, 4.69) is 26.7 Å². The van der Waals surface area contributed by atoms with Crippen LogP contribution < -0.4 is 5.30 Å². The summed E-state index contributed by atoms with van der Waals surface area (Å²) in [7, 11) is 0.0876. The number of thiophene rings is 1. The Morgan fingerprint density at radius 2 is 1.35 bits per heavy atom. The topological polar surface area (TPSA) is 0 Å². The van der Waals surface area contributed by atoms with Crippen molar-refractivity contribution in [3.63, 3.8) is 0 Å². The number of halogens is 1. The van der Waals surface area contributed by atoms with Gasteiger partial charge in [-0.2, -0.15) is 11.3 Å². The van der Waals surface area contributed by atoms with E-state index in [4.69, 9.17) is 0 Å². The molecule has 0 aliphatic heterocycles. The van der Waals surface area contributed by atoms with Crippen molar-refractivity contribution in [3.8, 4) is 0 Å². The van der Waals surface area contributed by atoms with Crippen LogP contribution in [-0.4, -0.2) is 19.7 Å². The van der Waals surface area contributed by atoms with Crippen LogP contribution in [0.4, 0.5) is 0 Å². The Bertz CT molecular complexity index is 379. The number of hydrogen-bond donors (Lipinski definition) is 0. The maximum atomic E-state index is 3.83. The second kappa shape index (κ2) is 8.35. The Hall–Kier alpha value is 0.675. The highest BCUT2D eigenvalue weighted by Gasteiger charge is 2.33. The summed E-state index contributed by atoms with van der Waals surface area (Å²) in [6, 6.07) is 0. The van der Waals surface area contributed by atoms with E-state index < -0.39 is 0 Å². The predicted octanol–water partition coefficient (Wildman–Crippen LogP) is 5.90. The van der Waals surface area contributed by atoms with Crippen LogP contribution in [0.3, 0.4) is 0 Å². The lowest BCUT2D eigenvalue weighted by atomic mass is 9.99. The molecule has 1 heterocycles. The molecule has 0 N–H and O–H groups in total. The van der Waals surface area contributed by atoms with Crippen LogP contribution in [0.2, 0.25) is 0 Å². The van der Waals surface area contributed by atoms with Crippen molar-refractivity contribution < 1.29 is 0 Å². The first kappa shape index (κ1) is 17.0. The molecule has 3 rings (SSSR count). The van der Waals surface area contributed by atoms with E-state index >= 15 is 0 Å². The molecule has 0 aromatic carbocycles. The van der Waals surface area contributed by atoms with Gasteiger partial charge in [0.2, 0.25) is 0 Å². The second-order valence-corrected chi connectivity index (χ2v) is 10.5. The molecule has 3 radical (unpaired) electrons. The van der Waals surface area contributed by atoms with Crippen molar-refractivity contribution >= 4 is 48.9 Å². The monoisotopic (exact) mass is 369 g/mol. The lowest BCUT2D eigenvalue weighted by Crippen LogP contribution is -2.26. The van der Waals surface area contributed by atoms with Gasteiger partial charge in [-0.05, 0) is 58.3 Å². The van der Waals surface area contributed by atoms with E-state index in [0.717, 1.165) is 11.3 Å². The third-order valence-corrected chi connectivity index (χ3v) is 10.5. The molecule has 0 nitrogen and oxygen atoms in total. The maximum absolute atomic E-state index is 3.83. The molecule has 1 aromatic heterocycles. The fourth-order valence-electron chi connectivity index (χ4n) is 3.87. The van der Waals surface area contributed by atoms with Crippen molar-refractivity contribution in [1.82, 2.24) is 0 Å². The maximum Gasteiger partial charge on any atom is 0.0359 e. The molecule has 2 saturated carbocycles. The van der Waals surface area contributed by atoms with Gasteiger partial charge in [-0.3, -0.25) is 0 Å². The molecule has 1 aromatic rings. The van der Waals surface area contributed by atoms with Gasteiger partial charge < -0.3 is 0 Å². The molecule has 4 heteroatoms. The van der Waals surface area contributed by atoms with Crippen LogP contribution in [0.1, 0.15) is 64.2 Å². The molecule has 2 aliphatic carbocycles. The predicted molar refractivity (Wildman–Crippen MR) is 98.1 cm³/mol. The van der Waals surface area contributed by atoms with Crippen LogP contribution in [0, 0.1) is 0 Å². The van der Waals surface area contributed by atoms with E-state index in [0.29, 0.717) is 0 Å². The molecule has 0 amide bonds. The third-order valence-electron chi connectivity index (χ3n) is 4.81. The van der Waals surface area contributed by atoms with Gasteiger partial charge in [0.25, 0.3) is 0 Å². The largest absolute Gasteiger partial charge is 0.151 e. The summed E-state index contributed by atoms with van der Waals surface area (Å²) in [5.74, 6) is 0. The molecule has 0 bridgehead atoms. The highest BCUT2D eigenvalue weighted by atomic mass is 79.9. The Morgan fingerprint density at radius 1 is 0.850 bits per heavy atom. The third kappa shape index (κ3) is 3.90. The van der Waals surface area contributed by atoms with Crippen molar-refractivity contribution in [3.05, 3.63) is 15.2 Å². The first-order valence-corrected chi connectivity index (χ1v) is 11.1. The van der Waals surface area contributed by atoms with Gasteiger partial charge in [0.05, 0.1) is 0 Å². The van der Waals surface area contributed by atoms with E-state index in [9.17, 15) is 0 Å². The molecule has 2 aliphatic rings. The molecule has 0 unspecified atom stereocenters. The van der Waals surface area contributed by atoms with Crippen LogP contribution in [0.25, 0.3) is 0 Å². The van der Waals surface area contributed by atoms with Gasteiger partial charge in [-0.25, -0.2) is 0 Å². The number of hydrogen-bond acceptors (Lipinski definition) is 1. The fraction of sp³-hybridized carbons (Fsp3) is 0.750. The van der Waals surface area contributed by atoms with Gasteiger partial charge >= 0.3 is 0 Å². The molecule has 0 atom stereocenters. The molecule has 109 valence electrons. The first-order valence-electron chi connectivity index (χ1n) is 7.86. The van der Waals surface area contributed by atoms with E-state index in [-0.39, 0.29) is 16.3 Å². The normalized spacial score (nSPS) is 21.9. The fourth-order valence-corrected chi connectivity index (χ4v) is 9.94. The van der Waals surface area contributed by atoms with Crippen LogP contribution in [0.5, 0.6) is 0 Å². The Labute approximate surface area is 139 Å². The minimum atomic E-state index is 0. The minimum Gasteiger partial charge on any atom is -0.151 e. The molecule has 2 fully saturated rings. The SMILES string of the molecule is Brc1cscc1P(C1CCCCC1)C1CCCCC1.[B]. The van der Waals surface area contributed by atoms with Gasteiger partial charge in [0, 0.05) is 23.6 Å². The van der Waals surface area contributed by atoms with Crippen LogP contribution in [0.15, 0.2) is 15.2 Å². The summed E-state index contributed by atoms with van der Waals surface area (Å²) in [5.41, 5.74) is 2.05. The van der Waals surface area contributed by atoms with E-state index in [1.54, 1.807) is 5.30 Å². The Balaban J connectivity index is 0.00000147. The highest BCUT2D eigenvalue weighted by Crippen LogP contribution is 2.56. The highest BCUT2D eigenvalue weighted by molar-refractivity contribution is 9.10. The van der Waals surface area contributed by atoms with Gasteiger partial charge in [-0.1, -0.05) is 46.4 Å². The smallest absolute Gasteiger partial charge is 0.0359 e. The van der Waals surface area contributed by atoms with Crippen molar-refractivity contribution in [2.75, 3.05) is 0 Å². The van der Waals surface area contributed by atoms with Crippen LogP contribution >= 0.6 is 35.2 Å². The van der Waals surface area contributed by atoms with Gasteiger partial charge in [0.1, 0.15) is 0 Å². The van der Waals surface area contributed by atoms with E-state index in [1.165, 1.54) is 68.7 Å². The van der Waals surface area contributed by atoms with Crippen molar-refractivity contribution in [1.29, 1.82) is 0 Å². The van der Waals surface area contributed by atoms with Gasteiger partial charge in [0.15, 0.2) is 0 Å². The summed E-state index contributed by atoms with van der Waals surface area (Å²) >= 11 is 5.72. The average molecular weight is 370 g/mol. The average Bonchev–Trinajstić information content (AvgIpc) is 2.88. The van der Waals surface area contributed by atoms with Crippen LogP contribution in [-0.2, 0) is 0 Å². The summed E-state index contributed by atoms with van der Waals surface area (Å²) in [6.45, 7) is 0. The Kier molecular flexibility index (Phi) is 7.11. The lowest BCUT2D eigenvalue weighted by Gasteiger charge is -2.38. The quantitative estimate of drug-likeness (QED) is 0.459. The first-order chi connectivity index (χ1) is 9.36. The molecular formula is C16H24BBrPS. The zero-order valence-electron chi connectivity index (χ0n) is 12.2. The van der Waals surface area contributed by atoms with Gasteiger partial charge in [-0.15, -0.1) is 0 Å². The minimum absolute atomic E-state index is 0. The molecule has 0 saturated heterocycles. The number of rotatable bonds is 3. The second-order valence-electron chi connectivity index (χ2n) is 6.10. The molecule has 20 heavy (non-hydrogen) atoms. The summed E-state index contributed by atoms with van der Waals surface area (Å²) in [5, 5.41) is 6.47. The zero-order chi connectivity index (χ0) is 13.1. The van der Waals surface area contributed by atoms with E-state index in [1.807, 2.05) is 11.3 Å². The summed E-state index contributed by atoms with van der Waals surface area (Å²) < 4.78 is 1.42. The lowest BCUT2D eigenvalue weighted by molar-refractivity contribution is 0.487. The molecule has 0 spiro atoms. The van der Waals surface area contributed by atoms with Crippen molar-refractivity contribution in [2.45, 2.75) is 75.5 Å². The summed E-state index contributed by atoms with van der Waals surface area (Å²) in [6.07, 6.45) is 14.9. The van der Waals surface area contributed by atoms with Crippen molar-refractivity contribution in [2.24, 2.45) is 0 Å². The standard InChI is InChI=1S/C16H24BrPS.B/c17-15-11-19-12-16(15)18(13-7-3-1-4-8-13)14-9-5-2-6-10-14;/h11-14H,1-10H2;. The Morgan fingerprint density at radius 3 is 1.75 bits per heavy atom. The molecular weight excluding hydrogens is 346 g/mol. The summed E-state index contributed by atoms with van der Waals surface area (Å²) in [4.78, 5) is 0.